The third kappa shape index (κ3) is 5.24. The third-order valence-electron chi connectivity index (χ3n) is 5.53. The van der Waals surface area contributed by atoms with Gasteiger partial charge in [-0.3, -0.25) is 4.79 Å². The molecule has 0 bridgehead atoms. The number of rotatable bonds is 6. The van der Waals surface area contributed by atoms with Crippen molar-refractivity contribution < 1.29 is 9.47 Å². The largest absolute Gasteiger partial charge is 0.497 e. The Morgan fingerprint density at radius 2 is 2.06 bits per heavy atom. The maximum absolute atomic E-state index is 12.8. The number of nitrogens with zero attached hydrogens (tertiary/aromatic N) is 1. The van der Waals surface area contributed by atoms with Gasteiger partial charge < -0.3 is 24.7 Å². The summed E-state index contributed by atoms with van der Waals surface area (Å²) in [4.78, 5) is 17.8. The fraction of sp³-hybridized carbons (Fsp3) is 0.333. The zero-order chi connectivity index (χ0) is 21.8. The molecule has 1 aromatic heterocycles. The molecule has 31 heavy (non-hydrogen) atoms. The highest BCUT2D eigenvalue weighted by Crippen LogP contribution is 2.21. The number of aromatic nitrogens is 1. The molecule has 2 aromatic carbocycles. The number of thiocarbonyl (C=S) groups is 1. The van der Waals surface area contributed by atoms with Crippen molar-refractivity contribution in [2.24, 2.45) is 0 Å². The van der Waals surface area contributed by atoms with E-state index in [4.69, 9.17) is 21.7 Å². The van der Waals surface area contributed by atoms with Crippen molar-refractivity contribution >= 4 is 33.9 Å². The van der Waals surface area contributed by atoms with Gasteiger partial charge in [0.25, 0.3) is 5.56 Å². The van der Waals surface area contributed by atoms with Crippen molar-refractivity contribution in [3.05, 3.63) is 70.0 Å². The molecule has 0 amide bonds. The minimum absolute atomic E-state index is 0.109. The molecule has 7 heteroatoms. The number of ether oxygens (including phenoxy) is 2. The maximum atomic E-state index is 12.8. The van der Waals surface area contributed by atoms with Crippen molar-refractivity contribution in [2.45, 2.75) is 32.4 Å². The molecule has 2 N–H and O–H groups in total. The van der Waals surface area contributed by atoms with Gasteiger partial charge >= 0.3 is 0 Å². The molecule has 0 radical (unpaired) electrons. The van der Waals surface area contributed by atoms with Crippen LogP contribution in [-0.4, -0.2) is 41.4 Å². The number of nitrogens with one attached hydrogen (secondary N) is 2. The predicted molar refractivity (Wildman–Crippen MR) is 128 cm³/mol. The number of aryl methyl sites for hydroxylation is 1. The van der Waals surface area contributed by atoms with Crippen LogP contribution in [0.3, 0.4) is 0 Å². The molecular formula is C24H27N3O3S. The highest BCUT2D eigenvalue weighted by Gasteiger charge is 2.22. The van der Waals surface area contributed by atoms with Gasteiger partial charge in [0.2, 0.25) is 0 Å². The zero-order valence-electron chi connectivity index (χ0n) is 17.8. The van der Waals surface area contributed by atoms with Crippen LogP contribution in [0.25, 0.3) is 10.9 Å². The third-order valence-corrected chi connectivity index (χ3v) is 5.89. The number of pyridine rings is 1. The lowest BCUT2D eigenvalue weighted by Crippen LogP contribution is -2.40. The number of hydrogen-bond donors (Lipinski definition) is 2. The normalized spacial score (nSPS) is 15.7. The number of hydrogen-bond acceptors (Lipinski definition) is 4. The van der Waals surface area contributed by atoms with E-state index in [1.807, 2.05) is 60.4 Å². The monoisotopic (exact) mass is 437 g/mol. The summed E-state index contributed by atoms with van der Waals surface area (Å²) >= 11 is 5.73. The Morgan fingerprint density at radius 1 is 1.26 bits per heavy atom. The molecular weight excluding hydrogens is 410 g/mol. The second kappa shape index (κ2) is 9.49. The predicted octanol–water partition coefficient (Wildman–Crippen LogP) is 4.22. The quantitative estimate of drug-likeness (QED) is 0.563. The molecule has 6 nitrogen and oxygen atoms in total. The Balaban J connectivity index is 1.60. The van der Waals surface area contributed by atoms with Crippen molar-refractivity contribution in [2.75, 3.05) is 25.6 Å². The smallest absolute Gasteiger partial charge is 0.253 e. The number of anilines is 1. The highest BCUT2D eigenvalue weighted by molar-refractivity contribution is 7.80. The Labute approximate surface area is 187 Å². The topological polar surface area (TPSA) is 66.6 Å². The van der Waals surface area contributed by atoms with E-state index in [0.717, 1.165) is 41.8 Å². The number of fused-ring (bicyclic) bond motifs is 1. The van der Waals surface area contributed by atoms with Gasteiger partial charge in [0.15, 0.2) is 5.11 Å². The summed E-state index contributed by atoms with van der Waals surface area (Å²) in [6, 6.07) is 15.6. The Morgan fingerprint density at radius 3 is 2.77 bits per heavy atom. The van der Waals surface area contributed by atoms with Gasteiger partial charge in [0.1, 0.15) is 5.75 Å². The van der Waals surface area contributed by atoms with E-state index >= 15 is 0 Å². The average Bonchev–Trinajstić information content (AvgIpc) is 3.28. The van der Waals surface area contributed by atoms with Crippen LogP contribution in [0.15, 0.2) is 53.3 Å². The number of H-pyrrole nitrogens is 1. The first-order valence-corrected chi connectivity index (χ1v) is 10.9. The van der Waals surface area contributed by atoms with Crippen LogP contribution < -0.4 is 15.6 Å². The second-order valence-corrected chi connectivity index (χ2v) is 8.28. The van der Waals surface area contributed by atoms with E-state index in [0.29, 0.717) is 23.8 Å². The molecule has 0 saturated carbocycles. The molecule has 2 heterocycles. The lowest BCUT2D eigenvalue weighted by Gasteiger charge is -2.28. The van der Waals surface area contributed by atoms with E-state index in [1.54, 1.807) is 7.11 Å². The molecule has 3 aromatic rings. The van der Waals surface area contributed by atoms with Crippen LogP contribution in [0.4, 0.5) is 5.69 Å². The van der Waals surface area contributed by atoms with Crippen molar-refractivity contribution in [1.29, 1.82) is 0 Å². The summed E-state index contributed by atoms with van der Waals surface area (Å²) in [6.45, 7) is 3.84. The Bertz CT molecular complexity index is 1120. The van der Waals surface area contributed by atoms with Gasteiger partial charge in [-0.15, -0.1) is 0 Å². The molecule has 0 aliphatic carbocycles. The van der Waals surface area contributed by atoms with Crippen LogP contribution >= 0.6 is 12.2 Å². The summed E-state index contributed by atoms with van der Waals surface area (Å²) in [5.41, 5.74) is 3.41. The molecule has 4 rings (SSSR count). The summed E-state index contributed by atoms with van der Waals surface area (Å²) in [7, 11) is 1.63. The number of methoxy groups -OCH3 is 1. The fourth-order valence-corrected chi connectivity index (χ4v) is 4.03. The van der Waals surface area contributed by atoms with Crippen LogP contribution in [0.5, 0.6) is 5.75 Å². The van der Waals surface area contributed by atoms with E-state index in [9.17, 15) is 4.79 Å². The highest BCUT2D eigenvalue weighted by atomic mass is 32.1. The van der Waals surface area contributed by atoms with Gasteiger partial charge in [0, 0.05) is 35.3 Å². The zero-order valence-corrected chi connectivity index (χ0v) is 18.6. The SMILES string of the molecule is COc1ccc2[nH]c(=O)c(CN(C[C@@H]3CCCO3)C(=S)Nc3ccc(C)cc3)cc2c1. The molecule has 1 fully saturated rings. The minimum atomic E-state index is -0.117. The first-order chi connectivity index (χ1) is 15.0. The maximum Gasteiger partial charge on any atom is 0.253 e. The van der Waals surface area contributed by atoms with Crippen molar-refractivity contribution in [1.82, 2.24) is 9.88 Å². The molecule has 0 spiro atoms. The second-order valence-electron chi connectivity index (χ2n) is 7.89. The molecule has 1 atom stereocenters. The standard InChI is InChI=1S/C24H27N3O3S/c1-16-5-7-19(8-6-16)25-24(31)27(15-21-4-3-11-30-21)14-18-12-17-13-20(29-2)9-10-22(17)26-23(18)28/h5-10,12-13,21H,3-4,11,14-15H2,1-2H3,(H,25,31)(H,26,28)/t21-/m0/s1. The van der Waals surface area contributed by atoms with E-state index in [2.05, 4.69) is 10.3 Å². The van der Waals surface area contributed by atoms with Gasteiger partial charge in [-0.25, -0.2) is 0 Å². The number of aromatic amines is 1. The van der Waals surface area contributed by atoms with E-state index < -0.39 is 0 Å². The van der Waals surface area contributed by atoms with Crippen LogP contribution in [0.1, 0.15) is 24.0 Å². The Kier molecular flexibility index (Phi) is 6.53. The molecule has 1 saturated heterocycles. The first kappa shape index (κ1) is 21.3. The van der Waals surface area contributed by atoms with Gasteiger partial charge in [-0.2, -0.15) is 0 Å². The molecule has 162 valence electrons. The summed E-state index contributed by atoms with van der Waals surface area (Å²) in [5, 5.41) is 4.80. The van der Waals surface area contributed by atoms with Gasteiger partial charge in [-0.1, -0.05) is 17.7 Å². The summed E-state index contributed by atoms with van der Waals surface area (Å²) < 4.78 is 11.2. The fourth-order valence-electron chi connectivity index (χ4n) is 3.77. The molecule has 1 aliphatic heterocycles. The molecule has 1 aliphatic rings. The molecule has 0 unspecified atom stereocenters. The van der Waals surface area contributed by atoms with E-state index in [-0.39, 0.29) is 11.7 Å². The van der Waals surface area contributed by atoms with Gasteiger partial charge in [-0.05, 0) is 68.4 Å². The lowest BCUT2D eigenvalue weighted by atomic mass is 10.1. The minimum Gasteiger partial charge on any atom is -0.497 e. The van der Waals surface area contributed by atoms with Crippen molar-refractivity contribution in [3.63, 3.8) is 0 Å². The first-order valence-electron chi connectivity index (χ1n) is 10.5. The van der Waals surface area contributed by atoms with E-state index in [1.165, 1.54) is 5.56 Å². The van der Waals surface area contributed by atoms with Crippen LogP contribution in [0, 0.1) is 6.92 Å². The van der Waals surface area contributed by atoms with Crippen LogP contribution in [-0.2, 0) is 11.3 Å². The Hall–Kier alpha value is -2.90. The van der Waals surface area contributed by atoms with Gasteiger partial charge in [0.05, 0.1) is 19.8 Å². The number of benzene rings is 2. The van der Waals surface area contributed by atoms with Crippen LogP contribution in [0.2, 0.25) is 0 Å². The average molecular weight is 438 g/mol. The van der Waals surface area contributed by atoms with Crippen molar-refractivity contribution in [3.8, 4) is 5.75 Å². The lowest BCUT2D eigenvalue weighted by molar-refractivity contribution is 0.0904. The summed E-state index contributed by atoms with van der Waals surface area (Å²) in [6.07, 6.45) is 2.15. The summed E-state index contributed by atoms with van der Waals surface area (Å²) in [5.74, 6) is 0.748.